The molecule has 4 nitrogen and oxygen atoms in total. The SMILES string of the molecule is Cl.O=CCCC(c1ccc(F)cc1)N1CC=C(c2cccc3c2CC(=O)N3)CC1. The number of amides is 1. The van der Waals surface area contributed by atoms with E-state index in [0.29, 0.717) is 12.8 Å². The summed E-state index contributed by atoms with van der Waals surface area (Å²) in [7, 11) is 0. The van der Waals surface area contributed by atoms with Crippen LogP contribution in [0.2, 0.25) is 0 Å². The number of carbonyl (C=O) groups excluding carboxylic acids is 2. The molecule has 0 bridgehead atoms. The Bertz CT molecular complexity index is 927. The summed E-state index contributed by atoms with van der Waals surface area (Å²) in [5.74, 6) is -0.203. The molecule has 1 atom stereocenters. The molecule has 2 aliphatic heterocycles. The van der Waals surface area contributed by atoms with Crippen molar-refractivity contribution in [2.45, 2.75) is 31.7 Å². The van der Waals surface area contributed by atoms with E-state index in [-0.39, 0.29) is 30.2 Å². The topological polar surface area (TPSA) is 49.4 Å². The lowest BCUT2D eigenvalue weighted by molar-refractivity contribution is -0.115. The molecule has 0 aliphatic carbocycles. The number of rotatable bonds is 6. The van der Waals surface area contributed by atoms with Crippen LogP contribution < -0.4 is 5.32 Å². The monoisotopic (exact) mass is 414 g/mol. The molecule has 2 aromatic carbocycles. The molecule has 4 rings (SSSR count). The van der Waals surface area contributed by atoms with Gasteiger partial charge < -0.3 is 10.1 Å². The number of nitrogens with zero attached hydrogens (tertiary/aromatic N) is 1. The second-order valence-corrected chi connectivity index (χ2v) is 7.34. The van der Waals surface area contributed by atoms with Crippen molar-refractivity contribution < 1.29 is 14.0 Å². The van der Waals surface area contributed by atoms with Crippen LogP contribution in [0, 0.1) is 5.82 Å². The molecule has 2 heterocycles. The Hall–Kier alpha value is -2.50. The second-order valence-electron chi connectivity index (χ2n) is 7.34. The highest BCUT2D eigenvalue weighted by atomic mass is 35.5. The molecule has 152 valence electrons. The third kappa shape index (κ3) is 4.57. The van der Waals surface area contributed by atoms with Crippen LogP contribution in [0.25, 0.3) is 5.57 Å². The van der Waals surface area contributed by atoms with Crippen molar-refractivity contribution in [1.29, 1.82) is 0 Å². The van der Waals surface area contributed by atoms with Gasteiger partial charge in [0.1, 0.15) is 12.1 Å². The van der Waals surface area contributed by atoms with Crippen LogP contribution >= 0.6 is 12.4 Å². The number of aldehydes is 1. The van der Waals surface area contributed by atoms with Gasteiger partial charge in [-0.25, -0.2) is 4.39 Å². The van der Waals surface area contributed by atoms with Gasteiger partial charge in [-0.2, -0.15) is 0 Å². The molecule has 0 saturated heterocycles. The van der Waals surface area contributed by atoms with Gasteiger partial charge in [0.05, 0.1) is 6.42 Å². The molecule has 0 aromatic heterocycles. The lowest BCUT2D eigenvalue weighted by atomic mass is 9.92. The van der Waals surface area contributed by atoms with E-state index >= 15 is 0 Å². The van der Waals surface area contributed by atoms with Crippen molar-refractivity contribution in [3.8, 4) is 0 Å². The molecule has 0 spiro atoms. The normalized spacial score (nSPS) is 17.0. The highest BCUT2D eigenvalue weighted by molar-refractivity contribution is 6.01. The van der Waals surface area contributed by atoms with E-state index in [0.717, 1.165) is 54.6 Å². The molecule has 2 aliphatic rings. The van der Waals surface area contributed by atoms with E-state index in [1.165, 1.54) is 17.7 Å². The minimum Gasteiger partial charge on any atom is -0.326 e. The molecule has 0 fully saturated rings. The van der Waals surface area contributed by atoms with Crippen LogP contribution in [0.1, 0.15) is 42.0 Å². The molecular formula is C23H24ClFN2O2. The predicted octanol–water partition coefficient (Wildman–Crippen LogP) is 4.55. The number of anilines is 1. The molecular weight excluding hydrogens is 391 g/mol. The maximum absolute atomic E-state index is 13.3. The number of carbonyl (C=O) groups is 2. The molecule has 2 aromatic rings. The van der Waals surface area contributed by atoms with E-state index in [1.807, 2.05) is 24.3 Å². The average Bonchev–Trinajstić information content (AvgIpc) is 3.10. The van der Waals surface area contributed by atoms with Gasteiger partial charge in [-0.1, -0.05) is 30.3 Å². The Kier molecular flexibility index (Phi) is 6.83. The Labute approximate surface area is 176 Å². The first-order valence-electron chi connectivity index (χ1n) is 9.70. The molecule has 0 saturated carbocycles. The fourth-order valence-electron chi connectivity index (χ4n) is 4.23. The van der Waals surface area contributed by atoms with E-state index in [2.05, 4.69) is 22.4 Å². The fraction of sp³-hybridized carbons (Fsp3) is 0.304. The van der Waals surface area contributed by atoms with Crippen molar-refractivity contribution in [2.24, 2.45) is 0 Å². The van der Waals surface area contributed by atoms with Crippen LogP contribution in [0.4, 0.5) is 10.1 Å². The summed E-state index contributed by atoms with van der Waals surface area (Å²) in [6, 6.07) is 12.7. The van der Waals surface area contributed by atoms with Crippen molar-refractivity contribution >= 4 is 35.9 Å². The van der Waals surface area contributed by atoms with Gasteiger partial charge in [-0.15, -0.1) is 12.4 Å². The van der Waals surface area contributed by atoms with Crippen molar-refractivity contribution in [2.75, 3.05) is 18.4 Å². The number of nitrogens with one attached hydrogen (secondary N) is 1. The Balaban J connectivity index is 0.00000240. The third-order valence-electron chi connectivity index (χ3n) is 5.63. The van der Waals surface area contributed by atoms with E-state index in [9.17, 15) is 14.0 Å². The first kappa shape index (κ1) is 21.2. The minimum atomic E-state index is -0.250. The largest absolute Gasteiger partial charge is 0.326 e. The summed E-state index contributed by atoms with van der Waals surface area (Å²) in [4.78, 5) is 25.0. The predicted molar refractivity (Wildman–Crippen MR) is 115 cm³/mol. The Morgan fingerprint density at radius 2 is 1.97 bits per heavy atom. The zero-order valence-electron chi connectivity index (χ0n) is 16.1. The van der Waals surface area contributed by atoms with Gasteiger partial charge in [0.25, 0.3) is 0 Å². The molecule has 1 amide bonds. The van der Waals surface area contributed by atoms with Crippen LogP contribution in [0.15, 0.2) is 48.5 Å². The first-order chi connectivity index (χ1) is 13.7. The maximum atomic E-state index is 13.3. The summed E-state index contributed by atoms with van der Waals surface area (Å²) in [6.07, 6.45) is 5.68. The first-order valence-corrected chi connectivity index (χ1v) is 9.70. The summed E-state index contributed by atoms with van der Waals surface area (Å²) in [6.45, 7) is 1.62. The van der Waals surface area contributed by atoms with Gasteiger partial charge in [-0.3, -0.25) is 9.69 Å². The molecule has 1 N–H and O–H groups in total. The zero-order chi connectivity index (χ0) is 19.5. The molecule has 1 unspecified atom stereocenters. The van der Waals surface area contributed by atoms with Gasteiger partial charge in [0, 0.05) is 31.2 Å². The highest BCUT2D eigenvalue weighted by Gasteiger charge is 2.26. The van der Waals surface area contributed by atoms with Gasteiger partial charge in [0.15, 0.2) is 0 Å². The Morgan fingerprint density at radius 1 is 1.17 bits per heavy atom. The Morgan fingerprint density at radius 3 is 2.66 bits per heavy atom. The number of halogens is 2. The number of hydrogen-bond acceptors (Lipinski definition) is 3. The number of hydrogen-bond donors (Lipinski definition) is 1. The summed E-state index contributed by atoms with van der Waals surface area (Å²) in [5.41, 5.74) is 5.46. The van der Waals surface area contributed by atoms with Crippen LogP contribution in [0.3, 0.4) is 0 Å². The quantitative estimate of drug-likeness (QED) is 0.705. The van der Waals surface area contributed by atoms with E-state index in [4.69, 9.17) is 0 Å². The lowest BCUT2D eigenvalue weighted by Crippen LogP contribution is -2.33. The zero-order valence-corrected chi connectivity index (χ0v) is 16.9. The highest BCUT2D eigenvalue weighted by Crippen LogP contribution is 2.35. The van der Waals surface area contributed by atoms with Gasteiger partial charge >= 0.3 is 0 Å². The second kappa shape index (κ2) is 9.33. The van der Waals surface area contributed by atoms with Crippen LogP contribution in [-0.4, -0.2) is 30.2 Å². The molecule has 29 heavy (non-hydrogen) atoms. The third-order valence-corrected chi connectivity index (χ3v) is 5.63. The van der Waals surface area contributed by atoms with Crippen LogP contribution in [0.5, 0.6) is 0 Å². The summed E-state index contributed by atoms with van der Waals surface area (Å²) >= 11 is 0. The van der Waals surface area contributed by atoms with Gasteiger partial charge in [0.2, 0.25) is 5.91 Å². The minimum absolute atomic E-state index is 0. The smallest absolute Gasteiger partial charge is 0.228 e. The molecule has 0 radical (unpaired) electrons. The lowest BCUT2D eigenvalue weighted by Gasteiger charge is -2.34. The fourth-order valence-corrected chi connectivity index (χ4v) is 4.23. The van der Waals surface area contributed by atoms with Crippen LogP contribution in [-0.2, 0) is 16.0 Å². The van der Waals surface area contributed by atoms with Crippen molar-refractivity contribution in [1.82, 2.24) is 4.90 Å². The average molecular weight is 415 g/mol. The standard InChI is InChI=1S/C23H23FN2O2.ClH/c24-18-8-6-17(7-9-18)22(5-2-14-27)26-12-10-16(11-13-26)19-3-1-4-21-20(19)15-23(28)25-21;/h1,3-4,6-10,14,22H,2,5,11-13,15H2,(H,25,28);1H. The van der Waals surface area contributed by atoms with Crippen molar-refractivity contribution in [3.63, 3.8) is 0 Å². The number of benzene rings is 2. The maximum Gasteiger partial charge on any atom is 0.228 e. The van der Waals surface area contributed by atoms with Gasteiger partial charge in [-0.05, 0) is 53.3 Å². The number of fused-ring (bicyclic) bond motifs is 1. The summed E-state index contributed by atoms with van der Waals surface area (Å²) < 4.78 is 13.3. The van der Waals surface area contributed by atoms with Crippen molar-refractivity contribution in [3.05, 3.63) is 71.0 Å². The molecule has 6 heteroatoms. The summed E-state index contributed by atoms with van der Waals surface area (Å²) in [5, 5.41) is 2.91. The van der Waals surface area contributed by atoms with E-state index < -0.39 is 0 Å². The van der Waals surface area contributed by atoms with E-state index in [1.54, 1.807) is 0 Å².